The van der Waals surface area contributed by atoms with Gasteiger partial charge in [-0.15, -0.1) is 0 Å². The van der Waals surface area contributed by atoms with Crippen LogP contribution in [0.3, 0.4) is 0 Å². The first-order valence-corrected chi connectivity index (χ1v) is 10.5. The van der Waals surface area contributed by atoms with Crippen LogP contribution in [0.4, 0.5) is 0 Å². The predicted octanol–water partition coefficient (Wildman–Crippen LogP) is 3.37. The maximum Gasteiger partial charge on any atom is 0.272 e. The molecule has 1 aromatic heterocycles. The van der Waals surface area contributed by atoms with Crippen molar-refractivity contribution in [3.63, 3.8) is 0 Å². The summed E-state index contributed by atoms with van der Waals surface area (Å²) in [6.45, 7) is 3.93. The molecule has 0 saturated carbocycles. The number of fused-ring (bicyclic) bond motifs is 1. The second kappa shape index (κ2) is 9.22. The van der Waals surface area contributed by atoms with Gasteiger partial charge in [-0.3, -0.25) is 14.3 Å². The van der Waals surface area contributed by atoms with Crippen molar-refractivity contribution in [3.8, 4) is 17.0 Å². The molecular weight excluding hydrogens is 416 g/mol. The van der Waals surface area contributed by atoms with Crippen molar-refractivity contribution < 1.29 is 14.3 Å². The highest BCUT2D eigenvalue weighted by Gasteiger charge is 2.28. The zero-order valence-corrected chi connectivity index (χ0v) is 17.9. The van der Waals surface area contributed by atoms with E-state index in [0.717, 1.165) is 16.9 Å². The van der Waals surface area contributed by atoms with Gasteiger partial charge in [-0.1, -0.05) is 35.9 Å². The maximum atomic E-state index is 12.9. The smallest absolute Gasteiger partial charge is 0.272 e. The van der Waals surface area contributed by atoms with Crippen LogP contribution in [0.2, 0.25) is 5.02 Å². The standard InChI is InChI=1S/C23H23ClN4O3/c1-2-31-19-9-3-16(4-10-19)14-25-22(29)15-27-11-12-28-21(23(27)30)13-20(26-28)17-5-7-18(24)8-6-17/h3-10,13H,2,11-12,14-15H2,1H3,(H,25,29). The van der Waals surface area contributed by atoms with E-state index in [1.54, 1.807) is 27.8 Å². The largest absolute Gasteiger partial charge is 0.494 e. The van der Waals surface area contributed by atoms with Crippen LogP contribution >= 0.6 is 11.6 Å². The molecule has 0 unspecified atom stereocenters. The minimum absolute atomic E-state index is 0.0112. The van der Waals surface area contributed by atoms with Gasteiger partial charge in [0.15, 0.2) is 0 Å². The number of carbonyl (C=O) groups is 2. The zero-order valence-electron chi connectivity index (χ0n) is 17.2. The lowest BCUT2D eigenvalue weighted by molar-refractivity contribution is -0.122. The lowest BCUT2D eigenvalue weighted by Gasteiger charge is -2.26. The Morgan fingerprint density at radius 1 is 1.13 bits per heavy atom. The molecule has 0 saturated heterocycles. The Hall–Kier alpha value is -3.32. The molecule has 0 radical (unpaired) electrons. The Balaban J connectivity index is 1.35. The highest BCUT2D eigenvalue weighted by molar-refractivity contribution is 6.30. The number of nitrogens with one attached hydrogen (secondary N) is 1. The van der Waals surface area contributed by atoms with Crippen LogP contribution in [0.1, 0.15) is 23.0 Å². The molecule has 2 amide bonds. The summed E-state index contributed by atoms with van der Waals surface area (Å²) in [5.74, 6) is 0.398. The van der Waals surface area contributed by atoms with E-state index >= 15 is 0 Å². The topological polar surface area (TPSA) is 76.5 Å². The molecule has 1 N–H and O–H groups in total. The molecule has 2 aromatic carbocycles. The van der Waals surface area contributed by atoms with Crippen molar-refractivity contribution in [2.75, 3.05) is 19.7 Å². The minimum Gasteiger partial charge on any atom is -0.494 e. The van der Waals surface area contributed by atoms with Gasteiger partial charge in [-0.25, -0.2) is 0 Å². The van der Waals surface area contributed by atoms with E-state index in [0.29, 0.717) is 42.7 Å². The number of nitrogens with zero attached hydrogens (tertiary/aromatic N) is 3. The van der Waals surface area contributed by atoms with Crippen molar-refractivity contribution in [1.82, 2.24) is 20.0 Å². The number of ether oxygens (including phenoxy) is 1. The van der Waals surface area contributed by atoms with Crippen LogP contribution in [0, 0.1) is 0 Å². The van der Waals surface area contributed by atoms with Gasteiger partial charge >= 0.3 is 0 Å². The average Bonchev–Trinajstić information content (AvgIpc) is 3.21. The van der Waals surface area contributed by atoms with E-state index in [-0.39, 0.29) is 18.4 Å². The van der Waals surface area contributed by atoms with Gasteiger partial charge in [-0.2, -0.15) is 5.10 Å². The summed E-state index contributed by atoms with van der Waals surface area (Å²) in [6, 6.07) is 16.6. The molecule has 0 fully saturated rings. The minimum atomic E-state index is -0.201. The van der Waals surface area contributed by atoms with Crippen molar-refractivity contribution in [2.24, 2.45) is 0 Å². The van der Waals surface area contributed by atoms with Crippen molar-refractivity contribution in [1.29, 1.82) is 0 Å². The maximum absolute atomic E-state index is 12.9. The highest BCUT2D eigenvalue weighted by Crippen LogP contribution is 2.23. The van der Waals surface area contributed by atoms with Gasteiger partial charge in [0.1, 0.15) is 11.4 Å². The number of carbonyl (C=O) groups excluding carboxylic acids is 2. The molecule has 0 atom stereocenters. The van der Waals surface area contributed by atoms with Gasteiger partial charge in [0.25, 0.3) is 5.91 Å². The molecule has 1 aliphatic heterocycles. The highest BCUT2D eigenvalue weighted by atomic mass is 35.5. The van der Waals surface area contributed by atoms with Gasteiger partial charge in [0.2, 0.25) is 5.91 Å². The Morgan fingerprint density at radius 3 is 2.58 bits per heavy atom. The van der Waals surface area contributed by atoms with Crippen LogP contribution < -0.4 is 10.1 Å². The fraction of sp³-hybridized carbons (Fsp3) is 0.261. The first kappa shape index (κ1) is 20.9. The Labute approximate surface area is 185 Å². The molecule has 31 heavy (non-hydrogen) atoms. The fourth-order valence-electron chi connectivity index (χ4n) is 3.45. The van der Waals surface area contributed by atoms with Crippen LogP contribution in [-0.2, 0) is 17.9 Å². The van der Waals surface area contributed by atoms with Crippen molar-refractivity contribution in [2.45, 2.75) is 20.0 Å². The van der Waals surface area contributed by atoms with E-state index in [4.69, 9.17) is 16.3 Å². The molecule has 0 aliphatic carbocycles. The first-order valence-electron chi connectivity index (χ1n) is 10.1. The molecule has 7 nitrogen and oxygen atoms in total. The Kier molecular flexibility index (Phi) is 6.23. The van der Waals surface area contributed by atoms with E-state index in [1.165, 1.54) is 0 Å². The molecule has 8 heteroatoms. The second-order valence-electron chi connectivity index (χ2n) is 7.23. The summed E-state index contributed by atoms with van der Waals surface area (Å²) in [5.41, 5.74) is 3.04. The SMILES string of the molecule is CCOc1ccc(CNC(=O)CN2CCn3nc(-c4ccc(Cl)cc4)cc3C2=O)cc1. The number of hydrogen-bond acceptors (Lipinski definition) is 4. The molecule has 2 heterocycles. The Morgan fingerprint density at radius 2 is 1.87 bits per heavy atom. The third-order valence-corrected chi connectivity index (χ3v) is 5.32. The molecule has 4 rings (SSSR count). The second-order valence-corrected chi connectivity index (χ2v) is 7.66. The number of rotatable bonds is 7. The van der Waals surface area contributed by atoms with E-state index in [1.807, 2.05) is 43.3 Å². The Bertz CT molecular complexity index is 1080. The van der Waals surface area contributed by atoms with E-state index in [9.17, 15) is 9.59 Å². The van der Waals surface area contributed by atoms with Gasteiger partial charge in [-0.05, 0) is 42.8 Å². The summed E-state index contributed by atoms with van der Waals surface area (Å²) in [6.07, 6.45) is 0. The summed E-state index contributed by atoms with van der Waals surface area (Å²) < 4.78 is 7.11. The van der Waals surface area contributed by atoms with Crippen molar-refractivity contribution in [3.05, 3.63) is 70.9 Å². The van der Waals surface area contributed by atoms with Gasteiger partial charge in [0.05, 0.1) is 25.4 Å². The third kappa shape index (κ3) is 4.88. The number of benzene rings is 2. The zero-order chi connectivity index (χ0) is 21.8. The van der Waals surface area contributed by atoms with E-state index in [2.05, 4.69) is 10.4 Å². The lowest BCUT2D eigenvalue weighted by Crippen LogP contribution is -2.45. The van der Waals surface area contributed by atoms with Crippen molar-refractivity contribution >= 4 is 23.4 Å². The van der Waals surface area contributed by atoms with Gasteiger partial charge < -0.3 is 15.0 Å². The third-order valence-electron chi connectivity index (χ3n) is 5.07. The number of amides is 2. The summed E-state index contributed by atoms with van der Waals surface area (Å²) in [4.78, 5) is 26.8. The monoisotopic (exact) mass is 438 g/mol. The van der Waals surface area contributed by atoms with Crippen LogP contribution in [0.15, 0.2) is 54.6 Å². The summed E-state index contributed by atoms with van der Waals surface area (Å²) in [5, 5.41) is 8.04. The molecule has 160 valence electrons. The fourth-order valence-corrected chi connectivity index (χ4v) is 3.58. The average molecular weight is 439 g/mol. The number of aromatic nitrogens is 2. The molecular formula is C23H23ClN4O3. The van der Waals surface area contributed by atoms with Crippen LogP contribution in [-0.4, -0.2) is 46.2 Å². The first-order chi connectivity index (χ1) is 15.0. The summed E-state index contributed by atoms with van der Waals surface area (Å²) in [7, 11) is 0. The normalized spacial score (nSPS) is 13.1. The van der Waals surface area contributed by atoms with Crippen LogP contribution in [0.5, 0.6) is 5.75 Å². The molecule has 3 aromatic rings. The predicted molar refractivity (Wildman–Crippen MR) is 118 cm³/mol. The summed E-state index contributed by atoms with van der Waals surface area (Å²) >= 11 is 5.95. The number of hydrogen-bond donors (Lipinski definition) is 1. The van der Waals surface area contributed by atoms with Gasteiger partial charge in [0, 0.05) is 23.7 Å². The number of halogens is 1. The van der Waals surface area contributed by atoms with E-state index < -0.39 is 0 Å². The molecule has 0 bridgehead atoms. The lowest BCUT2D eigenvalue weighted by atomic mass is 10.1. The molecule has 0 spiro atoms. The quantitative estimate of drug-likeness (QED) is 0.613. The van der Waals surface area contributed by atoms with Crippen LogP contribution in [0.25, 0.3) is 11.3 Å². The molecule has 1 aliphatic rings.